The molecule has 1 aliphatic rings. The van der Waals surface area contributed by atoms with Gasteiger partial charge >= 0.3 is 5.97 Å². The average Bonchev–Trinajstić information content (AvgIpc) is 2.26. The summed E-state index contributed by atoms with van der Waals surface area (Å²) in [5, 5.41) is 3.18. The summed E-state index contributed by atoms with van der Waals surface area (Å²) in [6.07, 6.45) is 0.353. The SMILES string of the molecule is Cc1ccc(NCCC(=O)OC2COC2)cc1. The van der Waals surface area contributed by atoms with E-state index in [9.17, 15) is 4.79 Å². The summed E-state index contributed by atoms with van der Waals surface area (Å²) in [6.45, 7) is 3.71. The van der Waals surface area contributed by atoms with Crippen LogP contribution < -0.4 is 5.32 Å². The Morgan fingerprint density at radius 1 is 1.41 bits per heavy atom. The molecule has 0 saturated carbocycles. The first kappa shape index (κ1) is 11.9. The molecule has 0 atom stereocenters. The largest absolute Gasteiger partial charge is 0.457 e. The zero-order chi connectivity index (χ0) is 12.1. The van der Waals surface area contributed by atoms with Crippen molar-refractivity contribution in [2.24, 2.45) is 0 Å². The van der Waals surface area contributed by atoms with E-state index in [0.717, 1.165) is 5.69 Å². The Morgan fingerprint density at radius 3 is 2.71 bits per heavy atom. The maximum absolute atomic E-state index is 11.4. The smallest absolute Gasteiger partial charge is 0.308 e. The highest BCUT2D eigenvalue weighted by atomic mass is 16.6. The van der Waals surface area contributed by atoms with Crippen LogP contribution in [0.4, 0.5) is 5.69 Å². The second-order valence-corrected chi connectivity index (χ2v) is 4.19. The fraction of sp³-hybridized carbons (Fsp3) is 0.462. The molecule has 0 unspecified atom stereocenters. The molecule has 2 rings (SSSR count). The lowest BCUT2D eigenvalue weighted by atomic mass is 10.2. The van der Waals surface area contributed by atoms with Gasteiger partial charge in [-0.05, 0) is 19.1 Å². The normalized spacial score (nSPS) is 15.1. The van der Waals surface area contributed by atoms with Crippen molar-refractivity contribution in [1.82, 2.24) is 0 Å². The zero-order valence-corrected chi connectivity index (χ0v) is 9.94. The van der Waals surface area contributed by atoms with Crippen molar-refractivity contribution in [3.8, 4) is 0 Å². The standard InChI is InChI=1S/C13H17NO3/c1-10-2-4-11(5-3-10)14-7-6-13(15)17-12-8-16-9-12/h2-5,12,14H,6-9H2,1H3. The number of aryl methyl sites for hydroxylation is 1. The molecule has 1 fully saturated rings. The molecule has 0 spiro atoms. The molecule has 92 valence electrons. The van der Waals surface area contributed by atoms with Crippen molar-refractivity contribution >= 4 is 11.7 Å². The van der Waals surface area contributed by atoms with Crippen molar-refractivity contribution < 1.29 is 14.3 Å². The second kappa shape index (κ2) is 5.68. The number of carbonyl (C=O) groups excluding carboxylic acids is 1. The van der Waals surface area contributed by atoms with Crippen LogP contribution in [0.5, 0.6) is 0 Å². The minimum Gasteiger partial charge on any atom is -0.457 e. The van der Waals surface area contributed by atoms with E-state index in [-0.39, 0.29) is 12.1 Å². The minimum atomic E-state index is -0.169. The summed E-state index contributed by atoms with van der Waals surface area (Å²) in [5.41, 5.74) is 2.25. The number of hydrogen-bond donors (Lipinski definition) is 1. The number of ether oxygens (including phenoxy) is 2. The summed E-state index contributed by atoms with van der Waals surface area (Å²) in [6, 6.07) is 8.07. The van der Waals surface area contributed by atoms with Gasteiger partial charge in [-0.15, -0.1) is 0 Å². The maximum atomic E-state index is 11.4. The Balaban J connectivity index is 1.64. The highest BCUT2D eigenvalue weighted by molar-refractivity contribution is 5.70. The fourth-order valence-corrected chi connectivity index (χ4v) is 1.51. The fourth-order valence-electron chi connectivity index (χ4n) is 1.51. The van der Waals surface area contributed by atoms with E-state index in [0.29, 0.717) is 26.2 Å². The van der Waals surface area contributed by atoms with Gasteiger partial charge in [-0.2, -0.15) is 0 Å². The Kier molecular flexibility index (Phi) is 3.98. The van der Waals surface area contributed by atoms with Crippen LogP contribution in [0.25, 0.3) is 0 Å². The molecule has 1 aliphatic heterocycles. The first-order chi connectivity index (χ1) is 8.24. The number of rotatable bonds is 5. The molecule has 1 saturated heterocycles. The summed E-state index contributed by atoms with van der Waals surface area (Å²) in [7, 11) is 0. The molecule has 1 aromatic carbocycles. The van der Waals surface area contributed by atoms with E-state index >= 15 is 0 Å². The molecule has 4 nitrogen and oxygen atoms in total. The van der Waals surface area contributed by atoms with Crippen LogP contribution in [-0.4, -0.2) is 31.8 Å². The van der Waals surface area contributed by atoms with Gasteiger partial charge in [0.25, 0.3) is 0 Å². The van der Waals surface area contributed by atoms with Crippen molar-refractivity contribution in [2.75, 3.05) is 25.1 Å². The van der Waals surface area contributed by atoms with Gasteiger partial charge in [0.2, 0.25) is 0 Å². The molecule has 4 heteroatoms. The third-order valence-corrected chi connectivity index (χ3v) is 2.62. The molecule has 0 aromatic heterocycles. The lowest BCUT2D eigenvalue weighted by molar-refractivity contribution is -0.171. The van der Waals surface area contributed by atoms with Gasteiger partial charge in [0.05, 0.1) is 19.6 Å². The van der Waals surface area contributed by atoms with Gasteiger partial charge in [-0.1, -0.05) is 17.7 Å². The van der Waals surface area contributed by atoms with Crippen molar-refractivity contribution in [3.05, 3.63) is 29.8 Å². The Morgan fingerprint density at radius 2 is 2.12 bits per heavy atom. The summed E-state index contributed by atoms with van der Waals surface area (Å²) in [4.78, 5) is 11.4. The monoisotopic (exact) mass is 235 g/mol. The second-order valence-electron chi connectivity index (χ2n) is 4.19. The van der Waals surface area contributed by atoms with Crippen molar-refractivity contribution in [3.63, 3.8) is 0 Å². The Labute approximate surface area is 101 Å². The molecular weight excluding hydrogens is 218 g/mol. The van der Waals surface area contributed by atoms with Gasteiger partial charge in [0.15, 0.2) is 0 Å². The Hall–Kier alpha value is -1.55. The number of esters is 1. The zero-order valence-electron chi connectivity index (χ0n) is 9.94. The van der Waals surface area contributed by atoms with Crippen LogP contribution >= 0.6 is 0 Å². The predicted molar refractivity (Wildman–Crippen MR) is 65.0 cm³/mol. The van der Waals surface area contributed by atoms with E-state index in [2.05, 4.69) is 5.32 Å². The van der Waals surface area contributed by atoms with Crippen LogP contribution in [-0.2, 0) is 14.3 Å². The molecule has 1 N–H and O–H groups in total. The van der Waals surface area contributed by atoms with Crippen molar-refractivity contribution in [2.45, 2.75) is 19.4 Å². The first-order valence-electron chi connectivity index (χ1n) is 5.82. The van der Waals surface area contributed by atoms with Crippen LogP contribution in [0.2, 0.25) is 0 Å². The molecule has 17 heavy (non-hydrogen) atoms. The highest BCUT2D eigenvalue weighted by Gasteiger charge is 2.22. The summed E-state index contributed by atoms with van der Waals surface area (Å²) < 4.78 is 10.1. The Bertz CT molecular complexity index is 371. The quantitative estimate of drug-likeness (QED) is 0.790. The average molecular weight is 235 g/mol. The number of anilines is 1. The molecule has 1 heterocycles. The number of benzene rings is 1. The molecule has 0 amide bonds. The van der Waals surface area contributed by atoms with E-state index in [4.69, 9.17) is 9.47 Å². The van der Waals surface area contributed by atoms with Crippen molar-refractivity contribution in [1.29, 1.82) is 0 Å². The third kappa shape index (κ3) is 3.75. The van der Waals surface area contributed by atoms with Crippen LogP contribution in [0, 0.1) is 6.92 Å². The number of hydrogen-bond acceptors (Lipinski definition) is 4. The molecule has 0 bridgehead atoms. The van der Waals surface area contributed by atoms with Gasteiger partial charge in [-0.3, -0.25) is 4.79 Å². The number of nitrogens with one attached hydrogen (secondary N) is 1. The van der Waals surface area contributed by atoms with E-state index in [1.807, 2.05) is 31.2 Å². The van der Waals surface area contributed by atoms with E-state index in [1.165, 1.54) is 5.56 Å². The van der Waals surface area contributed by atoms with E-state index in [1.54, 1.807) is 0 Å². The number of carbonyl (C=O) groups is 1. The molecular formula is C13H17NO3. The van der Waals surface area contributed by atoms with Gasteiger partial charge in [-0.25, -0.2) is 0 Å². The third-order valence-electron chi connectivity index (χ3n) is 2.62. The van der Waals surface area contributed by atoms with Crippen LogP contribution in [0.1, 0.15) is 12.0 Å². The first-order valence-corrected chi connectivity index (χ1v) is 5.82. The van der Waals surface area contributed by atoms with Gasteiger partial charge in [0.1, 0.15) is 6.10 Å². The molecule has 1 aromatic rings. The predicted octanol–water partition coefficient (Wildman–Crippen LogP) is 1.74. The van der Waals surface area contributed by atoms with E-state index < -0.39 is 0 Å². The van der Waals surface area contributed by atoms with Gasteiger partial charge < -0.3 is 14.8 Å². The maximum Gasteiger partial charge on any atom is 0.308 e. The summed E-state index contributed by atoms with van der Waals surface area (Å²) >= 11 is 0. The van der Waals surface area contributed by atoms with Crippen LogP contribution in [0.15, 0.2) is 24.3 Å². The molecule has 0 aliphatic carbocycles. The lowest BCUT2D eigenvalue weighted by Crippen LogP contribution is -2.38. The van der Waals surface area contributed by atoms with Crippen LogP contribution in [0.3, 0.4) is 0 Å². The highest BCUT2D eigenvalue weighted by Crippen LogP contribution is 2.09. The summed E-state index contributed by atoms with van der Waals surface area (Å²) in [5.74, 6) is -0.169. The minimum absolute atomic E-state index is 0.0260. The lowest BCUT2D eigenvalue weighted by Gasteiger charge is -2.25. The topological polar surface area (TPSA) is 47.6 Å². The molecule has 0 radical (unpaired) electrons. The van der Waals surface area contributed by atoms with Gasteiger partial charge in [0, 0.05) is 12.2 Å².